The fourth-order valence-corrected chi connectivity index (χ4v) is 9.31. The summed E-state index contributed by atoms with van der Waals surface area (Å²) in [6.07, 6.45) is 0. The molecular weight excluding hydrogens is 304 g/mol. The normalized spacial score (nSPS) is 13.7. The quantitative estimate of drug-likeness (QED) is 0.487. The average molecular weight is 337 g/mol. The SMILES string of the molecule is COC(=O)C(CO[Si](C(C)C)(C(C)C)C(C)C)c1ccccc1. The first-order chi connectivity index (χ1) is 10.8. The van der Waals surface area contributed by atoms with Crippen molar-refractivity contribution in [2.45, 2.75) is 64.1 Å². The third kappa shape index (κ3) is 4.45. The highest BCUT2D eigenvalue weighted by molar-refractivity contribution is 6.77. The highest BCUT2D eigenvalue weighted by atomic mass is 28.4. The van der Waals surface area contributed by atoms with E-state index in [4.69, 9.17) is 9.16 Å². The molecule has 23 heavy (non-hydrogen) atoms. The van der Waals surface area contributed by atoms with Gasteiger partial charge in [-0.1, -0.05) is 71.9 Å². The minimum Gasteiger partial charge on any atom is -0.468 e. The van der Waals surface area contributed by atoms with Gasteiger partial charge in [0.05, 0.1) is 13.7 Å². The van der Waals surface area contributed by atoms with Gasteiger partial charge in [-0.15, -0.1) is 0 Å². The predicted molar refractivity (Wildman–Crippen MR) is 98.2 cm³/mol. The van der Waals surface area contributed by atoms with Crippen LogP contribution in [0.3, 0.4) is 0 Å². The molecule has 1 aromatic rings. The molecule has 0 saturated carbocycles. The Hall–Kier alpha value is -1.13. The van der Waals surface area contributed by atoms with Gasteiger partial charge in [0.1, 0.15) is 5.92 Å². The first-order valence-corrected chi connectivity index (χ1v) is 10.7. The summed E-state index contributed by atoms with van der Waals surface area (Å²) in [6, 6.07) is 9.78. The van der Waals surface area contributed by atoms with Crippen LogP contribution in [0.25, 0.3) is 0 Å². The number of esters is 1. The van der Waals surface area contributed by atoms with E-state index in [0.29, 0.717) is 23.2 Å². The monoisotopic (exact) mass is 336 g/mol. The van der Waals surface area contributed by atoms with Gasteiger partial charge >= 0.3 is 5.97 Å². The number of hydrogen-bond donors (Lipinski definition) is 0. The third-order valence-electron chi connectivity index (χ3n) is 4.89. The molecular formula is C19H32O3Si. The molecule has 1 atom stereocenters. The topological polar surface area (TPSA) is 35.5 Å². The minimum atomic E-state index is -1.99. The predicted octanol–water partition coefficient (Wildman–Crippen LogP) is 5.14. The van der Waals surface area contributed by atoms with E-state index in [-0.39, 0.29) is 11.9 Å². The Kier molecular flexibility index (Phi) is 7.48. The Morgan fingerprint density at radius 3 is 1.83 bits per heavy atom. The lowest BCUT2D eigenvalue weighted by atomic mass is 10.0. The zero-order valence-electron chi connectivity index (χ0n) is 15.6. The van der Waals surface area contributed by atoms with Gasteiger partial charge < -0.3 is 9.16 Å². The maximum atomic E-state index is 12.3. The molecule has 0 N–H and O–H groups in total. The molecule has 1 unspecified atom stereocenters. The van der Waals surface area contributed by atoms with Gasteiger partial charge in [-0.25, -0.2) is 0 Å². The molecule has 0 aliphatic heterocycles. The van der Waals surface area contributed by atoms with E-state index in [1.54, 1.807) is 0 Å². The molecule has 0 spiro atoms. The van der Waals surface area contributed by atoms with Crippen molar-refractivity contribution in [3.8, 4) is 0 Å². The molecule has 130 valence electrons. The summed E-state index contributed by atoms with van der Waals surface area (Å²) in [4.78, 5) is 12.3. The maximum Gasteiger partial charge on any atom is 0.315 e. The van der Waals surface area contributed by atoms with Gasteiger partial charge in [0.15, 0.2) is 8.32 Å². The Morgan fingerprint density at radius 1 is 0.957 bits per heavy atom. The Morgan fingerprint density at radius 2 is 1.43 bits per heavy atom. The summed E-state index contributed by atoms with van der Waals surface area (Å²) < 4.78 is 11.6. The molecule has 0 heterocycles. The molecule has 0 saturated heterocycles. The fourth-order valence-electron chi connectivity index (χ4n) is 3.86. The second-order valence-electron chi connectivity index (χ2n) is 7.12. The van der Waals surface area contributed by atoms with Crippen molar-refractivity contribution in [2.24, 2.45) is 0 Å². The summed E-state index contributed by atoms with van der Waals surface area (Å²) in [5.74, 6) is -0.584. The van der Waals surface area contributed by atoms with Crippen molar-refractivity contribution in [3.05, 3.63) is 35.9 Å². The van der Waals surface area contributed by atoms with Crippen molar-refractivity contribution < 1.29 is 14.0 Å². The van der Waals surface area contributed by atoms with Crippen LogP contribution in [0, 0.1) is 0 Å². The van der Waals surface area contributed by atoms with Crippen molar-refractivity contribution >= 4 is 14.3 Å². The van der Waals surface area contributed by atoms with Crippen LogP contribution in [-0.4, -0.2) is 28.0 Å². The van der Waals surface area contributed by atoms with Gasteiger partial charge in [-0.2, -0.15) is 0 Å². The second kappa shape index (κ2) is 8.64. The summed E-state index contributed by atoms with van der Waals surface area (Å²) in [5, 5.41) is 0. The minimum absolute atomic E-state index is 0.227. The summed E-state index contributed by atoms with van der Waals surface area (Å²) >= 11 is 0. The molecule has 0 fully saturated rings. The molecule has 0 amide bonds. The Balaban J connectivity index is 3.06. The van der Waals surface area contributed by atoms with Gasteiger partial charge in [-0.3, -0.25) is 4.79 Å². The molecule has 4 heteroatoms. The largest absolute Gasteiger partial charge is 0.468 e. The van der Waals surface area contributed by atoms with Crippen molar-refractivity contribution in [1.82, 2.24) is 0 Å². The van der Waals surface area contributed by atoms with Crippen molar-refractivity contribution in [3.63, 3.8) is 0 Å². The van der Waals surface area contributed by atoms with Crippen LogP contribution in [-0.2, 0) is 14.0 Å². The van der Waals surface area contributed by atoms with E-state index in [2.05, 4.69) is 41.5 Å². The molecule has 1 aromatic carbocycles. The first kappa shape index (κ1) is 19.9. The molecule has 1 rings (SSSR count). The fraction of sp³-hybridized carbons (Fsp3) is 0.632. The molecule has 0 bridgehead atoms. The van der Waals surface area contributed by atoms with Crippen LogP contribution in [0.5, 0.6) is 0 Å². The van der Waals surface area contributed by atoms with Gasteiger partial charge in [0, 0.05) is 0 Å². The number of rotatable bonds is 8. The van der Waals surface area contributed by atoms with E-state index in [1.807, 2.05) is 30.3 Å². The molecule has 0 aliphatic carbocycles. The Labute approximate surface area is 142 Å². The van der Waals surface area contributed by atoms with Crippen LogP contribution < -0.4 is 0 Å². The standard InChI is InChI=1S/C19H32O3Si/c1-14(2)23(15(3)4,16(5)6)22-13-18(19(20)21-7)17-11-9-8-10-12-17/h8-12,14-16,18H,13H2,1-7H3. The molecule has 0 radical (unpaired) electrons. The summed E-state index contributed by atoms with van der Waals surface area (Å²) in [6.45, 7) is 13.9. The number of hydrogen-bond acceptors (Lipinski definition) is 3. The number of methoxy groups -OCH3 is 1. The average Bonchev–Trinajstić information content (AvgIpc) is 2.50. The summed E-state index contributed by atoms with van der Waals surface area (Å²) in [7, 11) is -0.549. The second-order valence-corrected chi connectivity index (χ2v) is 12.6. The van der Waals surface area contributed by atoms with Gasteiger partial charge in [0.2, 0.25) is 0 Å². The number of benzene rings is 1. The highest BCUT2D eigenvalue weighted by Crippen LogP contribution is 2.42. The van der Waals surface area contributed by atoms with Crippen LogP contribution in [0.15, 0.2) is 30.3 Å². The number of carbonyl (C=O) groups is 1. The first-order valence-electron chi connectivity index (χ1n) is 8.54. The maximum absolute atomic E-state index is 12.3. The number of carbonyl (C=O) groups excluding carboxylic acids is 1. The zero-order chi connectivity index (χ0) is 17.6. The smallest absolute Gasteiger partial charge is 0.315 e. The lowest BCUT2D eigenvalue weighted by Gasteiger charge is -2.42. The van der Waals surface area contributed by atoms with E-state index in [1.165, 1.54) is 7.11 Å². The van der Waals surface area contributed by atoms with E-state index < -0.39 is 8.32 Å². The van der Waals surface area contributed by atoms with Crippen molar-refractivity contribution in [1.29, 1.82) is 0 Å². The highest BCUT2D eigenvalue weighted by Gasteiger charge is 2.45. The summed E-state index contributed by atoms with van der Waals surface area (Å²) in [5.41, 5.74) is 2.45. The lowest BCUT2D eigenvalue weighted by Crippen LogP contribution is -2.48. The number of ether oxygens (including phenoxy) is 1. The zero-order valence-corrected chi connectivity index (χ0v) is 16.6. The molecule has 0 aliphatic rings. The van der Waals surface area contributed by atoms with E-state index >= 15 is 0 Å². The van der Waals surface area contributed by atoms with Gasteiger partial charge in [-0.05, 0) is 22.2 Å². The molecule has 0 aromatic heterocycles. The lowest BCUT2D eigenvalue weighted by molar-refractivity contribution is -0.143. The molecule has 3 nitrogen and oxygen atoms in total. The van der Waals surface area contributed by atoms with Gasteiger partial charge in [0.25, 0.3) is 0 Å². The van der Waals surface area contributed by atoms with E-state index in [9.17, 15) is 4.79 Å². The van der Waals surface area contributed by atoms with Crippen molar-refractivity contribution in [2.75, 3.05) is 13.7 Å². The van der Waals surface area contributed by atoms with E-state index in [0.717, 1.165) is 5.56 Å². The van der Waals surface area contributed by atoms with Crippen LogP contribution in [0.2, 0.25) is 16.6 Å². The van der Waals surface area contributed by atoms with Crippen LogP contribution in [0.4, 0.5) is 0 Å². The van der Waals surface area contributed by atoms with Crippen LogP contribution in [0.1, 0.15) is 53.0 Å². The third-order valence-corrected chi connectivity index (χ3v) is 11.0. The Bertz CT molecular complexity index is 461. The van der Waals surface area contributed by atoms with Crippen LogP contribution >= 0.6 is 0 Å².